The molecule has 0 saturated heterocycles. The van der Waals surface area contributed by atoms with Crippen molar-refractivity contribution in [2.24, 2.45) is 0 Å². The van der Waals surface area contributed by atoms with Gasteiger partial charge in [-0.1, -0.05) is 138 Å². The minimum absolute atomic E-state index is 0.0404. The fourth-order valence-corrected chi connectivity index (χ4v) is 5.53. The standard InChI is InChI=1S/C41H73N2O7P/c1-6-8-9-10-11-12-17-21-24-27-30-33-40(45)39(37-50-51(47,48)49-36-35-43(3,4)5)42-41(46)34-31-28-25-22-19-16-14-13-15-18-20-23-26-29-32-38(44)7-2/h14-16,18,22-23,25-26,29-30,32-33,38-40,44-45H,6-13,17,19-21,24,27-28,31,34-37H2,1-5H3,(H-,42,46,47,48)/p+1/b16-14-,18-15-,25-22-,26-23-,32-29+,33-30+/t38-,39+,40-/m1/s1. The molecule has 1 amide bonds. The van der Waals surface area contributed by atoms with Gasteiger partial charge in [-0.2, -0.15) is 0 Å². The van der Waals surface area contributed by atoms with Crippen LogP contribution in [0.2, 0.25) is 0 Å². The summed E-state index contributed by atoms with van der Waals surface area (Å²) in [5.74, 6) is -0.252. The van der Waals surface area contributed by atoms with E-state index in [-0.39, 0.29) is 31.6 Å². The predicted octanol–water partition coefficient (Wildman–Crippen LogP) is 9.04. The Kier molecular flexibility index (Phi) is 31.2. The molecule has 1 unspecified atom stereocenters. The Labute approximate surface area is 311 Å². The molecule has 4 N–H and O–H groups in total. The minimum Gasteiger partial charge on any atom is -0.389 e. The first-order chi connectivity index (χ1) is 24.4. The van der Waals surface area contributed by atoms with Crippen LogP contribution in [-0.2, 0) is 18.4 Å². The molecule has 0 bridgehead atoms. The van der Waals surface area contributed by atoms with Crippen LogP contribution in [0, 0.1) is 0 Å². The first-order valence-electron chi connectivity index (χ1n) is 19.4. The van der Waals surface area contributed by atoms with Gasteiger partial charge in [0.1, 0.15) is 13.2 Å². The van der Waals surface area contributed by atoms with Crippen LogP contribution < -0.4 is 5.32 Å². The molecule has 0 aromatic carbocycles. The average Bonchev–Trinajstić information content (AvgIpc) is 3.07. The van der Waals surface area contributed by atoms with Crippen LogP contribution in [0.25, 0.3) is 0 Å². The largest absolute Gasteiger partial charge is 0.472 e. The highest BCUT2D eigenvalue weighted by Crippen LogP contribution is 2.43. The Morgan fingerprint density at radius 1 is 0.725 bits per heavy atom. The van der Waals surface area contributed by atoms with Gasteiger partial charge in [-0.3, -0.25) is 13.8 Å². The second-order valence-electron chi connectivity index (χ2n) is 14.1. The topological polar surface area (TPSA) is 125 Å². The molecule has 0 rings (SSSR count). The van der Waals surface area contributed by atoms with Crippen molar-refractivity contribution in [2.45, 2.75) is 141 Å². The van der Waals surface area contributed by atoms with E-state index in [1.807, 2.05) is 52.4 Å². The van der Waals surface area contributed by atoms with Crippen molar-refractivity contribution >= 4 is 13.7 Å². The van der Waals surface area contributed by atoms with Gasteiger partial charge in [-0.15, -0.1) is 0 Å². The predicted molar refractivity (Wildman–Crippen MR) is 213 cm³/mol. The number of phosphoric acid groups is 1. The van der Waals surface area contributed by atoms with Gasteiger partial charge >= 0.3 is 7.82 Å². The number of aliphatic hydroxyl groups is 2. The lowest BCUT2D eigenvalue weighted by molar-refractivity contribution is -0.870. The summed E-state index contributed by atoms with van der Waals surface area (Å²) in [5, 5.41) is 23.2. The van der Waals surface area contributed by atoms with Crippen LogP contribution >= 0.6 is 7.82 Å². The Morgan fingerprint density at radius 3 is 1.90 bits per heavy atom. The molecule has 0 aliphatic heterocycles. The van der Waals surface area contributed by atoms with Crippen LogP contribution in [0.4, 0.5) is 0 Å². The third kappa shape index (κ3) is 34.7. The highest BCUT2D eigenvalue weighted by Gasteiger charge is 2.27. The molecule has 4 atom stereocenters. The number of unbranched alkanes of at least 4 members (excludes halogenated alkanes) is 10. The highest BCUT2D eigenvalue weighted by atomic mass is 31.2. The summed E-state index contributed by atoms with van der Waals surface area (Å²) in [6.07, 6.45) is 39.2. The number of carbonyl (C=O) groups excluding carboxylic acids is 1. The second kappa shape index (κ2) is 32.5. The Hall–Kier alpha value is -2.10. The summed E-state index contributed by atoms with van der Waals surface area (Å²) in [7, 11) is 1.50. The lowest BCUT2D eigenvalue weighted by Crippen LogP contribution is -2.45. The summed E-state index contributed by atoms with van der Waals surface area (Å²) in [4.78, 5) is 23.0. The van der Waals surface area contributed by atoms with Gasteiger partial charge in [0.2, 0.25) is 5.91 Å². The van der Waals surface area contributed by atoms with Crippen molar-refractivity contribution in [3.8, 4) is 0 Å². The number of nitrogens with zero attached hydrogens (tertiary/aromatic N) is 1. The van der Waals surface area contributed by atoms with Crippen molar-refractivity contribution in [3.05, 3.63) is 72.9 Å². The van der Waals surface area contributed by atoms with Crippen LogP contribution in [-0.4, -0.2) is 84.6 Å². The SMILES string of the molecule is CCCCCCCCCCC/C=C/[C@@H](O)[C@H](COP(=O)(O)OCC[N+](C)(C)C)NC(=O)CCC/C=C\C/C=C\C/C=C\C/C=C\C=C\[C@H](O)CC. The molecule has 0 saturated carbocycles. The van der Waals surface area contributed by atoms with Gasteiger partial charge in [0.15, 0.2) is 0 Å². The smallest absolute Gasteiger partial charge is 0.389 e. The van der Waals surface area contributed by atoms with E-state index < -0.39 is 20.0 Å². The number of likely N-dealkylation sites (N-methyl/N-ethyl adjacent to an activating group) is 1. The third-order valence-electron chi connectivity index (χ3n) is 8.09. The summed E-state index contributed by atoms with van der Waals surface area (Å²) in [6, 6.07) is -0.887. The lowest BCUT2D eigenvalue weighted by Gasteiger charge is -2.25. The Balaban J connectivity index is 4.65. The van der Waals surface area contributed by atoms with E-state index in [0.29, 0.717) is 17.4 Å². The van der Waals surface area contributed by atoms with Crippen LogP contribution in [0.1, 0.15) is 123 Å². The van der Waals surface area contributed by atoms with Crippen LogP contribution in [0.15, 0.2) is 72.9 Å². The maximum atomic E-state index is 12.8. The zero-order chi connectivity index (χ0) is 38.1. The van der Waals surface area contributed by atoms with E-state index in [1.54, 1.807) is 12.2 Å². The molecule has 0 aromatic rings. The molecule has 0 fully saturated rings. The molecule has 0 spiro atoms. The molecule has 10 heteroatoms. The molecule has 0 heterocycles. The summed E-state index contributed by atoms with van der Waals surface area (Å²) in [6.45, 7) is 4.38. The minimum atomic E-state index is -4.36. The fraction of sp³-hybridized carbons (Fsp3) is 0.683. The van der Waals surface area contributed by atoms with Gasteiger partial charge in [0, 0.05) is 6.42 Å². The van der Waals surface area contributed by atoms with E-state index >= 15 is 0 Å². The summed E-state index contributed by atoms with van der Waals surface area (Å²) < 4.78 is 23.4. The first kappa shape index (κ1) is 48.9. The number of hydrogen-bond donors (Lipinski definition) is 4. The molecular weight excluding hydrogens is 663 g/mol. The monoisotopic (exact) mass is 738 g/mol. The molecule has 9 nitrogen and oxygen atoms in total. The molecule has 0 aliphatic carbocycles. The molecular formula is C41H74N2O7P+. The number of rotatable bonds is 33. The van der Waals surface area contributed by atoms with Crippen molar-refractivity contribution < 1.29 is 38.0 Å². The third-order valence-corrected chi connectivity index (χ3v) is 9.07. The van der Waals surface area contributed by atoms with E-state index in [1.165, 1.54) is 44.9 Å². The Morgan fingerprint density at radius 2 is 1.29 bits per heavy atom. The second-order valence-corrected chi connectivity index (χ2v) is 15.6. The number of nitrogens with one attached hydrogen (secondary N) is 1. The van der Waals surface area contributed by atoms with Crippen molar-refractivity contribution in [2.75, 3.05) is 40.9 Å². The number of aliphatic hydroxyl groups excluding tert-OH is 2. The van der Waals surface area contributed by atoms with Crippen molar-refractivity contribution in [3.63, 3.8) is 0 Å². The van der Waals surface area contributed by atoms with Crippen molar-refractivity contribution in [1.29, 1.82) is 0 Å². The van der Waals surface area contributed by atoms with Crippen molar-refractivity contribution in [1.82, 2.24) is 5.32 Å². The maximum Gasteiger partial charge on any atom is 0.472 e. The average molecular weight is 738 g/mol. The number of phosphoric ester groups is 1. The summed E-state index contributed by atoms with van der Waals surface area (Å²) >= 11 is 0. The van der Waals surface area contributed by atoms with Gasteiger partial charge in [-0.25, -0.2) is 4.57 Å². The number of amides is 1. The molecule has 294 valence electrons. The number of hydrogen-bond acceptors (Lipinski definition) is 6. The van der Waals surface area contributed by atoms with Gasteiger partial charge in [-0.05, 0) is 51.4 Å². The van der Waals surface area contributed by atoms with Gasteiger partial charge in [0.05, 0.1) is 46.0 Å². The van der Waals surface area contributed by atoms with Gasteiger partial charge in [0.25, 0.3) is 0 Å². The number of quaternary nitrogens is 1. The van der Waals surface area contributed by atoms with Crippen LogP contribution in [0.3, 0.4) is 0 Å². The number of carbonyl (C=O) groups is 1. The zero-order valence-electron chi connectivity index (χ0n) is 32.7. The highest BCUT2D eigenvalue weighted by molar-refractivity contribution is 7.47. The molecule has 0 radical (unpaired) electrons. The van der Waals surface area contributed by atoms with Gasteiger partial charge < -0.3 is 24.9 Å². The Bertz CT molecular complexity index is 1080. The zero-order valence-corrected chi connectivity index (χ0v) is 33.6. The normalized spacial score (nSPS) is 16.0. The number of allylic oxidation sites excluding steroid dienone is 10. The van der Waals surface area contributed by atoms with Crippen LogP contribution in [0.5, 0.6) is 0 Å². The molecule has 0 aliphatic rings. The van der Waals surface area contributed by atoms with E-state index in [0.717, 1.165) is 51.4 Å². The molecule has 51 heavy (non-hydrogen) atoms. The van der Waals surface area contributed by atoms with E-state index in [4.69, 9.17) is 9.05 Å². The summed E-state index contributed by atoms with van der Waals surface area (Å²) in [5.41, 5.74) is 0. The van der Waals surface area contributed by atoms with E-state index in [9.17, 15) is 24.5 Å². The first-order valence-corrected chi connectivity index (χ1v) is 20.9. The quantitative estimate of drug-likeness (QED) is 0.0174. The lowest BCUT2D eigenvalue weighted by atomic mass is 10.1. The molecule has 0 aromatic heterocycles. The van der Waals surface area contributed by atoms with E-state index in [2.05, 4.69) is 48.7 Å². The maximum absolute atomic E-state index is 12.8. The fourth-order valence-electron chi connectivity index (χ4n) is 4.79.